The van der Waals surface area contributed by atoms with Gasteiger partial charge in [-0.1, -0.05) is 24.3 Å². The molecule has 1 amide bonds. The Morgan fingerprint density at radius 1 is 1.18 bits per heavy atom. The first-order chi connectivity index (χ1) is 16.5. The van der Waals surface area contributed by atoms with Gasteiger partial charge in [-0.15, -0.1) is 0 Å². The van der Waals surface area contributed by atoms with Gasteiger partial charge in [0.15, 0.2) is 0 Å². The summed E-state index contributed by atoms with van der Waals surface area (Å²) in [7, 11) is 1.53. The Morgan fingerprint density at radius 3 is 2.59 bits per heavy atom. The maximum atomic E-state index is 12.7. The molecule has 1 aliphatic heterocycles. The zero-order chi connectivity index (χ0) is 24.1. The van der Waals surface area contributed by atoms with Crippen LogP contribution in [0.1, 0.15) is 15.9 Å². The van der Waals surface area contributed by atoms with Gasteiger partial charge in [0.1, 0.15) is 12.0 Å². The van der Waals surface area contributed by atoms with Crippen molar-refractivity contribution in [1.82, 2.24) is 15.3 Å². The summed E-state index contributed by atoms with van der Waals surface area (Å²) in [5, 5.41) is 5.76. The van der Waals surface area contributed by atoms with Gasteiger partial charge in [-0.05, 0) is 23.8 Å². The molecular formula is C24H23F2N5O3. The first kappa shape index (κ1) is 23.1. The highest BCUT2D eigenvalue weighted by atomic mass is 19.3. The minimum absolute atomic E-state index is 0.0189. The van der Waals surface area contributed by atoms with Gasteiger partial charge < -0.3 is 25.1 Å². The SMILES string of the molecule is CNC(=O)c1ccc(-c2cnc(N3CC(C=O)C3)nc2)cc1NCc1ccccc1OC(F)F. The Bertz CT molecular complexity index is 1170. The number of nitrogens with zero attached hydrogens (tertiary/aromatic N) is 3. The minimum Gasteiger partial charge on any atom is -0.434 e. The summed E-state index contributed by atoms with van der Waals surface area (Å²) in [5.74, 6) is 0.345. The number of aromatic nitrogens is 2. The number of nitrogens with one attached hydrogen (secondary N) is 2. The molecule has 1 saturated heterocycles. The largest absolute Gasteiger partial charge is 0.434 e. The molecule has 1 aliphatic rings. The van der Waals surface area contributed by atoms with Crippen LogP contribution in [-0.4, -0.2) is 48.9 Å². The van der Waals surface area contributed by atoms with Crippen molar-refractivity contribution in [1.29, 1.82) is 0 Å². The molecule has 0 bridgehead atoms. The number of rotatable bonds is 9. The van der Waals surface area contributed by atoms with Crippen LogP contribution in [0.2, 0.25) is 0 Å². The van der Waals surface area contributed by atoms with E-state index in [2.05, 4.69) is 25.3 Å². The lowest BCUT2D eigenvalue weighted by Crippen LogP contribution is -2.48. The average molecular weight is 467 g/mol. The maximum Gasteiger partial charge on any atom is 0.387 e. The quantitative estimate of drug-likeness (QED) is 0.466. The van der Waals surface area contributed by atoms with Crippen molar-refractivity contribution in [3.63, 3.8) is 0 Å². The monoisotopic (exact) mass is 467 g/mol. The van der Waals surface area contributed by atoms with Gasteiger partial charge in [-0.3, -0.25) is 4.79 Å². The molecule has 34 heavy (non-hydrogen) atoms. The van der Waals surface area contributed by atoms with Gasteiger partial charge in [-0.2, -0.15) is 8.78 Å². The molecule has 0 unspecified atom stereocenters. The van der Waals surface area contributed by atoms with Crippen molar-refractivity contribution in [3.05, 3.63) is 66.0 Å². The lowest BCUT2D eigenvalue weighted by molar-refractivity contribution is -0.111. The normalized spacial score (nSPS) is 13.4. The van der Waals surface area contributed by atoms with E-state index in [4.69, 9.17) is 0 Å². The van der Waals surface area contributed by atoms with E-state index in [1.165, 1.54) is 13.1 Å². The summed E-state index contributed by atoms with van der Waals surface area (Å²) in [6.07, 6.45) is 4.30. The third-order valence-corrected chi connectivity index (χ3v) is 5.51. The zero-order valence-electron chi connectivity index (χ0n) is 18.4. The number of alkyl halides is 2. The highest BCUT2D eigenvalue weighted by molar-refractivity contribution is 6.00. The van der Waals surface area contributed by atoms with Crippen molar-refractivity contribution in [3.8, 4) is 16.9 Å². The van der Waals surface area contributed by atoms with Crippen molar-refractivity contribution < 1.29 is 23.1 Å². The Labute approximate surface area is 195 Å². The molecule has 1 fully saturated rings. The summed E-state index contributed by atoms with van der Waals surface area (Å²) < 4.78 is 30.1. The van der Waals surface area contributed by atoms with Gasteiger partial charge in [0.05, 0.1) is 5.56 Å². The molecule has 8 nitrogen and oxygen atoms in total. The molecule has 3 aromatic rings. The van der Waals surface area contributed by atoms with Crippen LogP contribution in [0.3, 0.4) is 0 Å². The number of amides is 1. The topological polar surface area (TPSA) is 96.5 Å². The number of aldehydes is 1. The minimum atomic E-state index is -2.94. The van der Waals surface area contributed by atoms with Crippen LogP contribution in [0.25, 0.3) is 11.1 Å². The van der Waals surface area contributed by atoms with Crippen molar-refractivity contribution in [2.45, 2.75) is 13.2 Å². The number of halogens is 2. The highest BCUT2D eigenvalue weighted by Crippen LogP contribution is 2.28. The molecule has 10 heteroatoms. The lowest BCUT2D eigenvalue weighted by atomic mass is 10.0. The number of benzene rings is 2. The van der Waals surface area contributed by atoms with E-state index < -0.39 is 6.61 Å². The van der Waals surface area contributed by atoms with E-state index in [-0.39, 0.29) is 24.1 Å². The zero-order valence-corrected chi connectivity index (χ0v) is 18.4. The van der Waals surface area contributed by atoms with Crippen molar-refractivity contribution in [2.24, 2.45) is 5.92 Å². The number of anilines is 2. The van der Waals surface area contributed by atoms with E-state index in [9.17, 15) is 18.4 Å². The second-order valence-corrected chi connectivity index (χ2v) is 7.75. The number of hydrogen-bond donors (Lipinski definition) is 2. The van der Waals surface area contributed by atoms with Crippen molar-refractivity contribution in [2.75, 3.05) is 30.4 Å². The molecule has 2 aromatic carbocycles. The molecule has 2 heterocycles. The Balaban J connectivity index is 1.56. The number of carbonyl (C=O) groups is 2. The van der Waals surface area contributed by atoms with E-state index in [0.717, 1.165) is 17.4 Å². The number of carbonyl (C=O) groups excluding carboxylic acids is 2. The number of hydrogen-bond acceptors (Lipinski definition) is 7. The summed E-state index contributed by atoms with van der Waals surface area (Å²) >= 11 is 0. The van der Waals surface area contributed by atoms with E-state index in [1.54, 1.807) is 48.8 Å². The molecule has 1 aromatic heterocycles. The summed E-state index contributed by atoms with van der Waals surface area (Å²) in [5.41, 5.74) is 2.95. The molecule has 2 N–H and O–H groups in total. The van der Waals surface area contributed by atoms with Crippen LogP contribution in [0.15, 0.2) is 54.9 Å². The van der Waals surface area contributed by atoms with E-state index >= 15 is 0 Å². The van der Waals surface area contributed by atoms with Crippen LogP contribution in [0, 0.1) is 5.92 Å². The summed E-state index contributed by atoms with van der Waals surface area (Å²) in [6.45, 7) is -1.56. The molecule has 0 radical (unpaired) electrons. The van der Waals surface area contributed by atoms with E-state index in [0.29, 0.717) is 35.9 Å². The van der Waals surface area contributed by atoms with Crippen LogP contribution in [-0.2, 0) is 11.3 Å². The first-order valence-electron chi connectivity index (χ1n) is 10.6. The molecule has 4 rings (SSSR count). The van der Waals surface area contributed by atoms with Crippen LogP contribution >= 0.6 is 0 Å². The van der Waals surface area contributed by atoms with Crippen LogP contribution < -0.4 is 20.3 Å². The fourth-order valence-electron chi connectivity index (χ4n) is 3.65. The van der Waals surface area contributed by atoms with Gasteiger partial charge in [0, 0.05) is 61.8 Å². The molecule has 0 saturated carbocycles. The number of ether oxygens (including phenoxy) is 1. The third kappa shape index (κ3) is 5.11. The Hall–Kier alpha value is -4.08. The third-order valence-electron chi connectivity index (χ3n) is 5.51. The van der Waals surface area contributed by atoms with Gasteiger partial charge in [-0.25, -0.2) is 9.97 Å². The first-order valence-corrected chi connectivity index (χ1v) is 10.6. The second-order valence-electron chi connectivity index (χ2n) is 7.75. The maximum absolute atomic E-state index is 12.7. The smallest absolute Gasteiger partial charge is 0.387 e. The van der Waals surface area contributed by atoms with Crippen molar-refractivity contribution >= 4 is 23.8 Å². The number of para-hydroxylation sites is 1. The summed E-state index contributed by atoms with van der Waals surface area (Å²) in [6, 6.07) is 11.7. The predicted molar refractivity (Wildman–Crippen MR) is 123 cm³/mol. The second kappa shape index (κ2) is 10.2. The fraction of sp³-hybridized carbons (Fsp3) is 0.250. The van der Waals surface area contributed by atoms with E-state index in [1.807, 2.05) is 4.90 Å². The van der Waals surface area contributed by atoms with Gasteiger partial charge in [0.2, 0.25) is 5.95 Å². The predicted octanol–water partition coefficient (Wildman–Crippen LogP) is 3.35. The van der Waals surface area contributed by atoms with Crippen LogP contribution in [0.5, 0.6) is 5.75 Å². The van der Waals surface area contributed by atoms with Gasteiger partial charge in [0.25, 0.3) is 5.91 Å². The summed E-state index contributed by atoms with van der Waals surface area (Å²) in [4.78, 5) is 33.9. The van der Waals surface area contributed by atoms with Gasteiger partial charge >= 0.3 is 6.61 Å². The lowest BCUT2D eigenvalue weighted by Gasteiger charge is -2.35. The molecule has 0 spiro atoms. The molecule has 0 atom stereocenters. The highest BCUT2D eigenvalue weighted by Gasteiger charge is 2.28. The molecule has 0 aliphatic carbocycles. The van der Waals surface area contributed by atoms with Crippen LogP contribution in [0.4, 0.5) is 20.4 Å². The molecular weight excluding hydrogens is 444 g/mol. The standard InChI is InChI=1S/C24H23F2N5O3/c1-27-22(33)19-7-6-16(18-10-29-24(30-11-18)31-12-15(13-31)14-32)8-20(19)28-9-17-4-2-3-5-21(17)34-23(25)26/h2-8,10-11,14-15,23,28H,9,12-13H2,1H3,(H,27,33). The fourth-order valence-corrected chi connectivity index (χ4v) is 3.65. The average Bonchev–Trinajstić information content (AvgIpc) is 2.82. The Kier molecular flexibility index (Phi) is 6.95. The Morgan fingerprint density at radius 2 is 1.91 bits per heavy atom. The molecule has 176 valence electrons.